The molecule has 1 aliphatic carbocycles. The minimum atomic E-state index is -0.763. The van der Waals surface area contributed by atoms with Gasteiger partial charge >= 0.3 is 11.8 Å². The molecule has 0 unspecified atom stereocenters. The van der Waals surface area contributed by atoms with Crippen molar-refractivity contribution >= 4 is 34.6 Å². The van der Waals surface area contributed by atoms with Crippen molar-refractivity contribution in [2.24, 2.45) is 0 Å². The van der Waals surface area contributed by atoms with Crippen LogP contribution in [0.2, 0.25) is 0 Å². The second-order valence-corrected chi connectivity index (χ2v) is 9.30. The number of pyridine rings is 1. The van der Waals surface area contributed by atoms with E-state index in [1.54, 1.807) is 42.6 Å². The highest BCUT2D eigenvalue weighted by Gasteiger charge is 2.46. The van der Waals surface area contributed by atoms with E-state index in [0.29, 0.717) is 11.1 Å². The Bertz CT molecular complexity index is 1510. The number of benzene rings is 3. The summed E-state index contributed by atoms with van der Waals surface area (Å²) in [6.45, 7) is 0.251. The third-order valence-electron chi connectivity index (χ3n) is 6.67. The van der Waals surface area contributed by atoms with Crippen molar-refractivity contribution < 1.29 is 14.4 Å². The molecule has 1 aliphatic rings. The van der Waals surface area contributed by atoms with E-state index in [-0.39, 0.29) is 24.5 Å². The quantitative estimate of drug-likeness (QED) is 0.315. The van der Waals surface area contributed by atoms with E-state index in [0.717, 1.165) is 34.9 Å². The molecular weight excluding hydrogens is 476 g/mol. The first-order valence-corrected chi connectivity index (χ1v) is 12.6. The van der Waals surface area contributed by atoms with Gasteiger partial charge < -0.3 is 16.0 Å². The molecule has 4 aromatic rings. The van der Waals surface area contributed by atoms with Crippen LogP contribution in [-0.2, 0) is 21.7 Å². The molecule has 190 valence electrons. The third kappa shape index (κ3) is 5.78. The van der Waals surface area contributed by atoms with Crippen molar-refractivity contribution in [3.05, 3.63) is 120 Å². The maximum Gasteiger partial charge on any atom is 0.309 e. The van der Waals surface area contributed by atoms with Crippen molar-refractivity contribution in [1.82, 2.24) is 20.9 Å². The Labute approximate surface area is 221 Å². The number of nitrogens with zero attached hydrogens (tertiary/aromatic N) is 1. The van der Waals surface area contributed by atoms with Crippen LogP contribution >= 0.6 is 0 Å². The predicted octanol–water partition coefficient (Wildman–Crippen LogP) is 4.10. The van der Waals surface area contributed by atoms with Gasteiger partial charge in [-0.25, -0.2) is 0 Å². The molecule has 0 bridgehead atoms. The fourth-order valence-electron chi connectivity index (χ4n) is 4.42. The lowest BCUT2D eigenvalue weighted by Gasteiger charge is -2.20. The van der Waals surface area contributed by atoms with E-state index in [1.807, 2.05) is 30.3 Å². The highest BCUT2D eigenvalue weighted by Crippen LogP contribution is 2.46. The summed E-state index contributed by atoms with van der Waals surface area (Å²) in [5.74, 6) is -1.71. The normalized spacial score (nSPS) is 13.7. The zero-order valence-corrected chi connectivity index (χ0v) is 20.8. The molecule has 3 aromatic carbocycles. The standard InChI is InChI=1S/C31H28N4O3/c36-28(35-31(16-17-31)25-15-14-22-8-1-2-9-23(22)20-25)27-13-4-3-10-24(27)21-34-30(38)29(37)33-19-7-12-26-11-5-6-18-32-26/h1-15,18,20H,16-17,19,21H2,(H,33,37)(H,34,38)(H,35,36)/b12-7+. The Morgan fingerprint density at radius 3 is 2.34 bits per heavy atom. The summed E-state index contributed by atoms with van der Waals surface area (Å²) < 4.78 is 0. The number of hydrogen-bond acceptors (Lipinski definition) is 4. The lowest BCUT2D eigenvalue weighted by Crippen LogP contribution is -2.40. The van der Waals surface area contributed by atoms with Crippen molar-refractivity contribution in [2.75, 3.05) is 6.54 Å². The number of rotatable bonds is 8. The molecule has 7 heteroatoms. The number of carbonyl (C=O) groups is 3. The van der Waals surface area contributed by atoms with Crippen molar-refractivity contribution in [1.29, 1.82) is 0 Å². The van der Waals surface area contributed by atoms with E-state index >= 15 is 0 Å². The van der Waals surface area contributed by atoms with Crippen LogP contribution in [0.5, 0.6) is 0 Å². The summed E-state index contributed by atoms with van der Waals surface area (Å²) >= 11 is 0. The zero-order chi connectivity index (χ0) is 26.4. The second kappa shape index (κ2) is 11.1. The lowest BCUT2D eigenvalue weighted by molar-refractivity contribution is -0.139. The van der Waals surface area contributed by atoms with Gasteiger partial charge in [0.25, 0.3) is 5.91 Å². The van der Waals surface area contributed by atoms with E-state index in [2.05, 4.69) is 51.3 Å². The molecule has 3 amide bonds. The largest absolute Gasteiger partial charge is 0.344 e. The monoisotopic (exact) mass is 504 g/mol. The van der Waals surface area contributed by atoms with E-state index in [1.165, 1.54) is 0 Å². The number of nitrogens with one attached hydrogen (secondary N) is 3. The molecule has 0 aliphatic heterocycles. The van der Waals surface area contributed by atoms with Gasteiger partial charge in [0.2, 0.25) is 0 Å². The number of fused-ring (bicyclic) bond motifs is 1. The van der Waals surface area contributed by atoms with Gasteiger partial charge in [-0.15, -0.1) is 0 Å². The van der Waals surface area contributed by atoms with Gasteiger partial charge in [0.1, 0.15) is 0 Å². The second-order valence-electron chi connectivity index (χ2n) is 9.30. The molecule has 5 rings (SSSR count). The van der Waals surface area contributed by atoms with Gasteiger partial charge in [-0.1, -0.05) is 66.7 Å². The minimum absolute atomic E-state index is 0.0581. The first-order valence-electron chi connectivity index (χ1n) is 12.6. The van der Waals surface area contributed by atoms with Crippen LogP contribution in [0, 0.1) is 0 Å². The molecule has 1 saturated carbocycles. The molecule has 0 spiro atoms. The minimum Gasteiger partial charge on any atom is -0.344 e. The number of hydrogen-bond donors (Lipinski definition) is 3. The molecular formula is C31H28N4O3. The van der Waals surface area contributed by atoms with Gasteiger partial charge in [0.15, 0.2) is 0 Å². The summed E-state index contributed by atoms with van der Waals surface area (Å²) in [4.78, 5) is 42.0. The van der Waals surface area contributed by atoms with Gasteiger partial charge in [-0.3, -0.25) is 19.4 Å². The van der Waals surface area contributed by atoms with Crippen LogP contribution in [0.25, 0.3) is 16.8 Å². The highest BCUT2D eigenvalue weighted by atomic mass is 16.2. The summed E-state index contributed by atoms with van der Waals surface area (Å²) in [5, 5.41) is 10.7. The molecule has 0 radical (unpaired) electrons. The summed E-state index contributed by atoms with van der Waals surface area (Å²) in [7, 11) is 0. The molecule has 1 heterocycles. The summed E-state index contributed by atoms with van der Waals surface area (Å²) in [6.07, 6.45) is 6.89. The fraction of sp³-hybridized carbons (Fsp3) is 0.161. The molecule has 0 atom stereocenters. The number of aromatic nitrogens is 1. The van der Waals surface area contributed by atoms with Gasteiger partial charge in [0.05, 0.1) is 11.2 Å². The van der Waals surface area contributed by atoms with Crippen molar-refractivity contribution in [3.8, 4) is 0 Å². The van der Waals surface area contributed by atoms with Gasteiger partial charge in [-0.2, -0.15) is 0 Å². The van der Waals surface area contributed by atoms with Crippen LogP contribution < -0.4 is 16.0 Å². The topological polar surface area (TPSA) is 100 Å². The maximum atomic E-state index is 13.3. The average Bonchev–Trinajstić information content (AvgIpc) is 3.74. The van der Waals surface area contributed by atoms with Gasteiger partial charge in [-0.05, 0) is 65.1 Å². The Morgan fingerprint density at radius 1 is 0.816 bits per heavy atom. The zero-order valence-electron chi connectivity index (χ0n) is 20.8. The Morgan fingerprint density at radius 2 is 1.55 bits per heavy atom. The Kier molecular flexibility index (Phi) is 7.26. The molecule has 7 nitrogen and oxygen atoms in total. The van der Waals surface area contributed by atoms with Crippen LogP contribution in [0.3, 0.4) is 0 Å². The Hall–Kier alpha value is -4.78. The first-order chi connectivity index (χ1) is 18.5. The molecule has 1 aromatic heterocycles. The van der Waals surface area contributed by atoms with Crippen LogP contribution in [0.15, 0.2) is 97.2 Å². The van der Waals surface area contributed by atoms with E-state index < -0.39 is 11.8 Å². The molecule has 1 fully saturated rings. The SMILES string of the molecule is O=C(NC/C=C/c1ccccn1)C(=O)NCc1ccccc1C(=O)NC1(c2ccc3ccccc3c2)CC1. The molecule has 3 N–H and O–H groups in total. The van der Waals surface area contributed by atoms with Crippen LogP contribution in [0.4, 0.5) is 0 Å². The highest BCUT2D eigenvalue weighted by molar-refractivity contribution is 6.35. The van der Waals surface area contributed by atoms with Gasteiger partial charge in [0, 0.05) is 24.8 Å². The maximum absolute atomic E-state index is 13.3. The summed E-state index contributed by atoms with van der Waals surface area (Å²) in [6, 6.07) is 27.1. The molecule has 38 heavy (non-hydrogen) atoms. The Balaban J connectivity index is 1.18. The van der Waals surface area contributed by atoms with E-state index in [9.17, 15) is 14.4 Å². The first kappa shape index (κ1) is 24.9. The van der Waals surface area contributed by atoms with E-state index in [4.69, 9.17) is 0 Å². The molecule has 0 saturated heterocycles. The van der Waals surface area contributed by atoms with Crippen LogP contribution in [0.1, 0.15) is 40.0 Å². The van der Waals surface area contributed by atoms with Crippen molar-refractivity contribution in [2.45, 2.75) is 24.9 Å². The predicted molar refractivity (Wildman–Crippen MR) is 147 cm³/mol. The summed E-state index contributed by atoms with van der Waals surface area (Å²) in [5.41, 5.74) is 2.56. The van der Waals surface area contributed by atoms with Crippen LogP contribution in [-0.4, -0.2) is 29.3 Å². The fourth-order valence-corrected chi connectivity index (χ4v) is 4.42. The number of amides is 3. The number of carbonyl (C=O) groups excluding carboxylic acids is 3. The smallest absolute Gasteiger partial charge is 0.309 e. The van der Waals surface area contributed by atoms with Crippen molar-refractivity contribution in [3.63, 3.8) is 0 Å². The average molecular weight is 505 g/mol. The lowest BCUT2D eigenvalue weighted by atomic mass is 9.99. The third-order valence-corrected chi connectivity index (χ3v) is 6.67.